The van der Waals surface area contributed by atoms with Gasteiger partial charge < -0.3 is 20.5 Å². The molecule has 3 heterocycles. The van der Waals surface area contributed by atoms with E-state index in [0.717, 1.165) is 62.1 Å². The zero-order valence-electron chi connectivity index (χ0n) is 20.0. The fourth-order valence-electron chi connectivity index (χ4n) is 4.89. The predicted octanol–water partition coefficient (Wildman–Crippen LogP) is 3.75. The first kappa shape index (κ1) is 23.0. The molecule has 8 heteroatoms. The van der Waals surface area contributed by atoms with Crippen LogP contribution >= 0.6 is 0 Å². The van der Waals surface area contributed by atoms with Crippen LogP contribution in [0.2, 0.25) is 0 Å². The van der Waals surface area contributed by atoms with Crippen molar-refractivity contribution < 1.29 is 4.79 Å². The average Bonchev–Trinajstić information content (AvgIpc) is 3.19. The molecule has 0 spiro atoms. The highest BCUT2D eigenvalue weighted by Gasteiger charge is 2.35. The van der Waals surface area contributed by atoms with Gasteiger partial charge in [-0.2, -0.15) is 5.10 Å². The Hall–Kier alpha value is -3.13. The van der Waals surface area contributed by atoms with Gasteiger partial charge in [0.15, 0.2) is 5.82 Å². The first-order valence-corrected chi connectivity index (χ1v) is 11.8. The summed E-state index contributed by atoms with van der Waals surface area (Å²) in [4.78, 5) is 30.1. The molecule has 0 unspecified atom stereocenters. The van der Waals surface area contributed by atoms with E-state index in [0.29, 0.717) is 16.8 Å². The van der Waals surface area contributed by atoms with Crippen LogP contribution in [-0.4, -0.2) is 52.3 Å². The Kier molecular flexibility index (Phi) is 6.56. The van der Waals surface area contributed by atoms with E-state index in [1.165, 1.54) is 0 Å². The van der Waals surface area contributed by atoms with Gasteiger partial charge in [0, 0.05) is 31.0 Å². The molecular formula is C25H34N6O2. The normalized spacial score (nSPS) is 15.5. The van der Waals surface area contributed by atoms with Crippen molar-refractivity contribution in [3.8, 4) is 0 Å². The molecule has 8 nitrogen and oxygen atoms in total. The maximum atomic E-state index is 12.8. The van der Waals surface area contributed by atoms with Crippen molar-refractivity contribution in [2.45, 2.75) is 52.0 Å². The lowest BCUT2D eigenvalue weighted by atomic mass is 9.86. The SMILES string of the molecule is CCCN(C)C(=O)c1ccc(Nc2nn(C3(CC)CCNCC3)c3cc[nH]c(=O)c23)cc1C. The molecule has 33 heavy (non-hydrogen) atoms. The molecule has 1 aliphatic rings. The van der Waals surface area contributed by atoms with Gasteiger partial charge in [0.25, 0.3) is 11.5 Å². The highest BCUT2D eigenvalue weighted by molar-refractivity contribution is 5.96. The maximum absolute atomic E-state index is 12.8. The minimum atomic E-state index is -0.161. The lowest BCUT2D eigenvalue weighted by Gasteiger charge is -2.37. The van der Waals surface area contributed by atoms with Crippen molar-refractivity contribution in [1.82, 2.24) is 25.0 Å². The fraction of sp³-hybridized carbons (Fsp3) is 0.480. The number of carbonyl (C=O) groups excluding carboxylic acids is 1. The minimum absolute atomic E-state index is 0.0165. The molecule has 1 aromatic carbocycles. The number of aryl methyl sites for hydroxylation is 1. The van der Waals surface area contributed by atoms with Crippen LogP contribution in [0.3, 0.4) is 0 Å². The van der Waals surface area contributed by atoms with Crippen molar-refractivity contribution in [2.75, 3.05) is 32.0 Å². The number of rotatable bonds is 7. The summed E-state index contributed by atoms with van der Waals surface area (Å²) in [6, 6.07) is 7.60. The van der Waals surface area contributed by atoms with Crippen LogP contribution in [0.25, 0.3) is 10.9 Å². The molecule has 1 aliphatic heterocycles. The molecule has 0 radical (unpaired) electrons. The number of nitrogens with zero attached hydrogens (tertiary/aromatic N) is 3. The maximum Gasteiger partial charge on any atom is 0.261 e. The molecule has 1 fully saturated rings. The number of H-pyrrole nitrogens is 1. The van der Waals surface area contributed by atoms with Gasteiger partial charge >= 0.3 is 0 Å². The van der Waals surface area contributed by atoms with Gasteiger partial charge in [-0.05, 0) is 75.5 Å². The van der Waals surface area contributed by atoms with Crippen molar-refractivity contribution >= 4 is 28.3 Å². The van der Waals surface area contributed by atoms with E-state index in [1.807, 2.05) is 38.2 Å². The first-order valence-electron chi connectivity index (χ1n) is 11.8. The first-order chi connectivity index (χ1) is 15.9. The number of nitrogens with one attached hydrogen (secondary N) is 3. The zero-order valence-corrected chi connectivity index (χ0v) is 20.0. The van der Waals surface area contributed by atoms with Crippen LogP contribution in [0.5, 0.6) is 0 Å². The number of hydrogen-bond acceptors (Lipinski definition) is 5. The third-order valence-corrected chi connectivity index (χ3v) is 6.87. The lowest BCUT2D eigenvalue weighted by Crippen LogP contribution is -2.44. The summed E-state index contributed by atoms with van der Waals surface area (Å²) in [5.74, 6) is 0.558. The van der Waals surface area contributed by atoms with Crippen molar-refractivity contribution in [2.24, 2.45) is 0 Å². The molecule has 0 saturated carbocycles. The molecule has 3 aromatic rings. The van der Waals surface area contributed by atoms with Crippen molar-refractivity contribution in [3.63, 3.8) is 0 Å². The van der Waals surface area contributed by atoms with E-state index < -0.39 is 0 Å². The Morgan fingerprint density at radius 2 is 2.00 bits per heavy atom. The second kappa shape index (κ2) is 9.39. The number of hydrogen-bond donors (Lipinski definition) is 3. The topological polar surface area (TPSA) is 95.1 Å². The van der Waals surface area contributed by atoms with Crippen LogP contribution in [0.15, 0.2) is 35.3 Å². The summed E-state index contributed by atoms with van der Waals surface area (Å²) in [5, 5.41) is 12.3. The van der Waals surface area contributed by atoms with Gasteiger partial charge in [0.1, 0.15) is 5.39 Å². The Bertz CT molecular complexity index is 1210. The predicted molar refractivity (Wildman–Crippen MR) is 132 cm³/mol. The van der Waals surface area contributed by atoms with Gasteiger partial charge in [0.2, 0.25) is 0 Å². The lowest BCUT2D eigenvalue weighted by molar-refractivity contribution is 0.0794. The number of aromatic amines is 1. The molecule has 176 valence electrons. The number of amides is 1. The number of carbonyl (C=O) groups is 1. The number of piperidine rings is 1. The minimum Gasteiger partial charge on any atom is -0.342 e. The Morgan fingerprint density at radius 1 is 1.24 bits per heavy atom. The summed E-state index contributed by atoms with van der Waals surface area (Å²) < 4.78 is 2.06. The van der Waals surface area contributed by atoms with Gasteiger partial charge in [-0.1, -0.05) is 13.8 Å². The largest absolute Gasteiger partial charge is 0.342 e. The number of benzene rings is 1. The second-order valence-corrected chi connectivity index (χ2v) is 9.04. The summed E-state index contributed by atoms with van der Waals surface area (Å²) in [6.45, 7) is 8.77. The number of fused-ring (bicyclic) bond motifs is 1. The van der Waals surface area contributed by atoms with Crippen LogP contribution in [0.1, 0.15) is 55.5 Å². The zero-order chi connectivity index (χ0) is 23.6. The molecular weight excluding hydrogens is 416 g/mol. The molecule has 0 atom stereocenters. The highest BCUT2D eigenvalue weighted by atomic mass is 16.2. The standard InChI is InChI=1S/C25H34N6O2/c1-5-15-30(4)24(33)19-8-7-18(16-17(19)3)28-22-21-20(9-12-27-23(21)32)31(29-22)25(6-2)10-13-26-14-11-25/h7-9,12,16,26H,5-6,10-11,13-15H2,1-4H3,(H,27,32)(H,28,29). The summed E-state index contributed by atoms with van der Waals surface area (Å²) in [6.07, 6.45) is 5.48. The smallest absolute Gasteiger partial charge is 0.261 e. The van der Waals surface area contributed by atoms with E-state index in [1.54, 1.807) is 11.1 Å². The van der Waals surface area contributed by atoms with E-state index in [-0.39, 0.29) is 17.0 Å². The third-order valence-electron chi connectivity index (χ3n) is 6.87. The Morgan fingerprint density at radius 3 is 2.67 bits per heavy atom. The summed E-state index contributed by atoms with van der Waals surface area (Å²) in [7, 11) is 1.83. The van der Waals surface area contributed by atoms with Crippen LogP contribution in [-0.2, 0) is 5.54 Å². The Labute approximate surface area is 194 Å². The highest BCUT2D eigenvalue weighted by Crippen LogP contribution is 2.35. The van der Waals surface area contributed by atoms with Gasteiger partial charge in [-0.25, -0.2) is 0 Å². The van der Waals surface area contributed by atoms with Crippen LogP contribution < -0.4 is 16.2 Å². The molecule has 1 amide bonds. The average molecular weight is 451 g/mol. The van der Waals surface area contributed by atoms with Gasteiger partial charge in [0.05, 0.1) is 11.1 Å². The number of aromatic nitrogens is 3. The van der Waals surface area contributed by atoms with Gasteiger partial charge in [-0.3, -0.25) is 14.3 Å². The quantitative estimate of drug-likeness (QED) is 0.510. The van der Waals surface area contributed by atoms with Crippen molar-refractivity contribution in [3.05, 3.63) is 51.9 Å². The summed E-state index contributed by atoms with van der Waals surface area (Å²) >= 11 is 0. The number of anilines is 2. The molecule has 0 aliphatic carbocycles. The molecule has 4 rings (SSSR count). The monoisotopic (exact) mass is 450 g/mol. The number of pyridine rings is 1. The van der Waals surface area contributed by atoms with Crippen LogP contribution in [0, 0.1) is 6.92 Å². The van der Waals surface area contributed by atoms with Crippen LogP contribution in [0.4, 0.5) is 11.5 Å². The van der Waals surface area contributed by atoms with E-state index in [4.69, 9.17) is 5.10 Å². The van der Waals surface area contributed by atoms with Gasteiger partial charge in [-0.15, -0.1) is 0 Å². The van der Waals surface area contributed by atoms with E-state index in [9.17, 15) is 9.59 Å². The molecule has 2 aromatic heterocycles. The molecule has 3 N–H and O–H groups in total. The fourth-order valence-corrected chi connectivity index (χ4v) is 4.89. The van der Waals surface area contributed by atoms with Crippen molar-refractivity contribution in [1.29, 1.82) is 0 Å². The summed E-state index contributed by atoms with van der Waals surface area (Å²) in [5.41, 5.74) is 2.93. The van der Waals surface area contributed by atoms with E-state index in [2.05, 4.69) is 34.1 Å². The molecule has 1 saturated heterocycles. The third kappa shape index (κ3) is 4.27. The van der Waals surface area contributed by atoms with E-state index >= 15 is 0 Å². The molecule has 0 bridgehead atoms. The Balaban J connectivity index is 1.72. The second-order valence-electron chi connectivity index (χ2n) is 9.04.